The number of rotatable bonds is 3. The van der Waals surface area contributed by atoms with E-state index >= 15 is 0 Å². The molecule has 1 atom stereocenters. The smallest absolute Gasteiger partial charge is 0.395 e. The van der Waals surface area contributed by atoms with E-state index in [9.17, 15) is 23.7 Å². The van der Waals surface area contributed by atoms with E-state index in [-0.39, 0.29) is 34.3 Å². The number of aromatic nitrogens is 2. The normalized spacial score (nSPS) is 20.6. The third kappa shape index (κ3) is 2.84. The number of anilines is 1. The summed E-state index contributed by atoms with van der Waals surface area (Å²) in [5.41, 5.74) is 0.637. The molecule has 1 aromatic carbocycles. The number of H-pyrrole nitrogens is 1. The molecule has 1 amide bonds. The first-order valence-corrected chi connectivity index (χ1v) is 7.80. The number of benzene rings is 1. The first-order valence-electron chi connectivity index (χ1n) is 6.92. The third-order valence-electron chi connectivity index (χ3n) is 3.46. The Labute approximate surface area is 141 Å². The summed E-state index contributed by atoms with van der Waals surface area (Å²) in [7, 11) is 0. The van der Waals surface area contributed by atoms with E-state index < -0.39 is 22.5 Å². The maximum atomic E-state index is 13.0. The molecule has 0 saturated carbocycles. The predicted molar refractivity (Wildman–Crippen MR) is 82.0 cm³/mol. The number of fused-ring (bicyclic) bond motifs is 2. The van der Waals surface area contributed by atoms with E-state index in [4.69, 9.17) is 0 Å². The van der Waals surface area contributed by atoms with Gasteiger partial charge in [-0.25, -0.2) is 4.98 Å². The van der Waals surface area contributed by atoms with Gasteiger partial charge in [0.15, 0.2) is 11.5 Å². The van der Waals surface area contributed by atoms with Crippen LogP contribution in [-0.4, -0.2) is 32.5 Å². The van der Waals surface area contributed by atoms with Crippen molar-refractivity contribution in [1.82, 2.24) is 9.97 Å². The topological polar surface area (TPSA) is 119 Å². The molecule has 3 heterocycles. The van der Waals surface area contributed by atoms with Crippen LogP contribution in [0.1, 0.15) is 6.42 Å². The average Bonchev–Trinajstić information content (AvgIpc) is 3.18. The summed E-state index contributed by atoms with van der Waals surface area (Å²) in [6.07, 6.45) is -2.08. The van der Waals surface area contributed by atoms with Crippen molar-refractivity contribution in [3.05, 3.63) is 33.2 Å². The van der Waals surface area contributed by atoms with Gasteiger partial charge in [0.1, 0.15) is 0 Å². The zero-order valence-electron chi connectivity index (χ0n) is 12.1. The van der Waals surface area contributed by atoms with Gasteiger partial charge in [-0.2, -0.15) is 0 Å². The fourth-order valence-corrected chi connectivity index (χ4v) is 3.33. The number of carbonyl (C=O) groups is 1. The molecule has 0 spiro atoms. The minimum absolute atomic E-state index is 0.0708. The van der Waals surface area contributed by atoms with Crippen LogP contribution in [0, 0.1) is 10.1 Å². The lowest BCUT2D eigenvalue weighted by Crippen LogP contribution is -2.25. The second-order valence-corrected chi connectivity index (χ2v) is 6.40. The summed E-state index contributed by atoms with van der Waals surface area (Å²) in [6.45, 7) is 0. The summed E-state index contributed by atoms with van der Waals surface area (Å²) in [5, 5.41) is 12.3. The lowest BCUT2D eigenvalue weighted by atomic mass is 10.3. The molecule has 0 saturated heterocycles. The highest BCUT2D eigenvalue weighted by Crippen LogP contribution is 2.43. The number of aromatic amines is 1. The van der Waals surface area contributed by atoms with Gasteiger partial charge in [0, 0.05) is 23.5 Å². The first-order chi connectivity index (χ1) is 11.8. The SMILES string of the molecule is O=C(Nc1nc2cc3c(cc2[nH]1)OC(F)(F)O3)C1=CCC([N+](=O)[O-])S1. The average molecular weight is 370 g/mol. The molecule has 4 rings (SSSR count). The Morgan fingerprint density at radius 1 is 1.44 bits per heavy atom. The Balaban J connectivity index is 1.52. The Hall–Kier alpha value is -2.89. The Bertz CT molecular complexity index is 899. The van der Waals surface area contributed by atoms with Gasteiger partial charge < -0.3 is 14.5 Å². The summed E-state index contributed by atoms with van der Waals surface area (Å²) in [5.74, 6) is -0.784. The summed E-state index contributed by atoms with van der Waals surface area (Å²) in [4.78, 5) is 29.4. The number of hydrogen-bond donors (Lipinski definition) is 2. The second kappa shape index (κ2) is 5.31. The quantitative estimate of drug-likeness (QED) is 0.629. The van der Waals surface area contributed by atoms with E-state index in [1.54, 1.807) is 0 Å². The van der Waals surface area contributed by atoms with Crippen LogP contribution in [-0.2, 0) is 4.79 Å². The number of nitro groups is 1. The molecule has 130 valence electrons. The van der Waals surface area contributed by atoms with Crippen molar-refractivity contribution in [2.75, 3.05) is 5.32 Å². The molecule has 0 radical (unpaired) electrons. The van der Waals surface area contributed by atoms with Gasteiger partial charge >= 0.3 is 6.29 Å². The van der Waals surface area contributed by atoms with E-state index in [0.29, 0.717) is 5.52 Å². The van der Waals surface area contributed by atoms with Gasteiger partial charge in [-0.1, -0.05) is 6.08 Å². The molecule has 0 aliphatic carbocycles. The summed E-state index contributed by atoms with van der Waals surface area (Å²) >= 11 is 0.855. The molecular weight excluding hydrogens is 362 g/mol. The molecule has 9 nitrogen and oxygen atoms in total. The fraction of sp³-hybridized carbons (Fsp3) is 0.231. The van der Waals surface area contributed by atoms with Crippen molar-refractivity contribution in [2.24, 2.45) is 0 Å². The van der Waals surface area contributed by atoms with Crippen LogP contribution in [0.3, 0.4) is 0 Å². The molecule has 0 fully saturated rings. The third-order valence-corrected chi connectivity index (χ3v) is 4.71. The highest BCUT2D eigenvalue weighted by Gasteiger charge is 2.43. The predicted octanol–water partition coefficient (Wildman–Crippen LogP) is 2.45. The largest absolute Gasteiger partial charge is 0.586 e. The number of nitrogens with one attached hydrogen (secondary N) is 2. The van der Waals surface area contributed by atoms with E-state index in [1.165, 1.54) is 18.2 Å². The number of alkyl halides is 2. The van der Waals surface area contributed by atoms with Crippen LogP contribution in [0.25, 0.3) is 11.0 Å². The number of hydrogen-bond acceptors (Lipinski definition) is 7. The Morgan fingerprint density at radius 2 is 2.16 bits per heavy atom. The molecule has 2 aliphatic heterocycles. The van der Waals surface area contributed by atoms with Gasteiger partial charge in [-0.05, 0) is 11.8 Å². The van der Waals surface area contributed by atoms with Crippen LogP contribution in [0.2, 0.25) is 0 Å². The van der Waals surface area contributed by atoms with E-state index in [1.807, 2.05) is 0 Å². The van der Waals surface area contributed by atoms with Gasteiger partial charge in [0.25, 0.3) is 11.3 Å². The Morgan fingerprint density at radius 3 is 2.84 bits per heavy atom. The van der Waals surface area contributed by atoms with Crippen molar-refractivity contribution in [3.63, 3.8) is 0 Å². The summed E-state index contributed by atoms with van der Waals surface area (Å²) in [6, 6.07) is 2.53. The molecule has 1 unspecified atom stereocenters. The maximum absolute atomic E-state index is 13.0. The summed E-state index contributed by atoms with van der Waals surface area (Å²) < 4.78 is 34.7. The molecular formula is C13H8F2N4O5S. The highest BCUT2D eigenvalue weighted by molar-refractivity contribution is 8.04. The lowest BCUT2D eigenvalue weighted by Gasteiger charge is -2.04. The zero-order chi connectivity index (χ0) is 17.8. The van der Waals surface area contributed by atoms with Gasteiger partial charge in [0.05, 0.1) is 15.9 Å². The fourth-order valence-electron chi connectivity index (χ4n) is 2.41. The van der Waals surface area contributed by atoms with Crippen molar-refractivity contribution in [1.29, 1.82) is 0 Å². The van der Waals surface area contributed by atoms with Gasteiger partial charge in [0.2, 0.25) is 5.95 Å². The number of amides is 1. The molecule has 0 bridgehead atoms. The van der Waals surface area contributed by atoms with E-state index in [0.717, 1.165) is 11.8 Å². The van der Waals surface area contributed by atoms with Crippen LogP contribution >= 0.6 is 11.8 Å². The van der Waals surface area contributed by atoms with Gasteiger partial charge in [-0.3, -0.25) is 20.2 Å². The van der Waals surface area contributed by atoms with E-state index in [2.05, 4.69) is 24.8 Å². The number of imidazole rings is 1. The molecule has 2 aliphatic rings. The highest BCUT2D eigenvalue weighted by atomic mass is 32.2. The number of carbonyl (C=O) groups excluding carboxylic acids is 1. The Kier molecular flexibility index (Phi) is 3.32. The standard InChI is InChI=1S/C13H8F2N4O5S/c14-13(15)23-7-3-5-6(4-8(7)24-13)17-12(16-5)18-11(20)9-1-2-10(25-9)19(21)22/h1,3-4,10H,2H2,(H2,16,17,18,20). The number of nitrogens with zero attached hydrogens (tertiary/aromatic N) is 2. The first kappa shape index (κ1) is 15.6. The zero-order valence-corrected chi connectivity index (χ0v) is 12.9. The van der Waals surface area contributed by atoms with Crippen LogP contribution in [0.4, 0.5) is 14.7 Å². The van der Waals surface area contributed by atoms with Crippen molar-refractivity contribution in [3.8, 4) is 11.5 Å². The number of ether oxygens (including phenoxy) is 2. The van der Waals surface area contributed by atoms with Crippen molar-refractivity contribution in [2.45, 2.75) is 18.1 Å². The number of thioether (sulfide) groups is 1. The monoisotopic (exact) mass is 370 g/mol. The minimum Gasteiger partial charge on any atom is -0.395 e. The molecule has 12 heteroatoms. The van der Waals surface area contributed by atoms with Gasteiger partial charge in [-0.15, -0.1) is 8.78 Å². The molecule has 2 N–H and O–H groups in total. The number of halogens is 2. The minimum atomic E-state index is -3.72. The van der Waals surface area contributed by atoms with Crippen molar-refractivity contribution >= 4 is 34.7 Å². The molecule has 1 aromatic heterocycles. The maximum Gasteiger partial charge on any atom is 0.586 e. The van der Waals surface area contributed by atoms with Crippen LogP contribution in [0.5, 0.6) is 11.5 Å². The second-order valence-electron chi connectivity index (χ2n) is 5.19. The molecule has 25 heavy (non-hydrogen) atoms. The van der Waals surface area contributed by atoms with Crippen LogP contribution < -0.4 is 14.8 Å². The lowest BCUT2D eigenvalue weighted by molar-refractivity contribution is -0.493. The molecule has 2 aromatic rings. The van der Waals surface area contributed by atoms with Crippen molar-refractivity contribution < 1.29 is 28.0 Å². The van der Waals surface area contributed by atoms with Crippen LogP contribution in [0.15, 0.2) is 23.1 Å².